The average Bonchev–Trinajstić information content (AvgIpc) is 2.75. The van der Waals surface area contributed by atoms with Crippen LogP contribution in [-0.4, -0.2) is 23.6 Å². The Bertz CT molecular complexity index is 973. The van der Waals surface area contributed by atoms with E-state index in [1.165, 1.54) is 0 Å². The van der Waals surface area contributed by atoms with Crippen LogP contribution in [0.5, 0.6) is 0 Å². The van der Waals surface area contributed by atoms with Gasteiger partial charge in [-0.1, -0.05) is 39.8 Å². The summed E-state index contributed by atoms with van der Waals surface area (Å²) >= 11 is 5.03. The largest absolute Gasteiger partial charge is 0.452 e. The molecule has 3 rings (SSSR count). The van der Waals surface area contributed by atoms with Gasteiger partial charge in [-0.15, -0.1) is 0 Å². The molecule has 3 aromatic rings. The molecule has 0 radical (unpaired) electrons. The number of rotatable bonds is 7. The van der Waals surface area contributed by atoms with E-state index in [-0.39, 0.29) is 13.2 Å². The maximum atomic E-state index is 12.0. The molecular formula is C22H18BrNO4S. The van der Waals surface area contributed by atoms with Gasteiger partial charge in [0, 0.05) is 20.0 Å². The summed E-state index contributed by atoms with van der Waals surface area (Å²) in [6.45, 7) is -0.478. The number of amides is 1. The number of carbonyl (C=O) groups is 2. The first-order valence-electron chi connectivity index (χ1n) is 8.74. The number of anilines is 1. The summed E-state index contributed by atoms with van der Waals surface area (Å²) in [6.07, 6.45) is 0. The molecule has 3 aromatic carbocycles. The van der Waals surface area contributed by atoms with Gasteiger partial charge < -0.3 is 15.2 Å². The summed E-state index contributed by atoms with van der Waals surface area (Å²) in [4.78, 5) is 26.2. The number of carbonyl (C=O) groups excluding carboxylic acids is 2. The van der Waals surface area contributed by atoms with E-state index in [0.29, 0.717) is 16.8 Å². The number of aliphatic hydroxyl groups is 1. The smallest absolute Gasteiger partial charge is 0.338 e. The van der Waals surface area contributed by atoms with E-state index in [1.54, 1.807) is 48.2 Å². The lowest BCUT2D eigenvalue weighted by molar-refractivity contribution is -0.119. The summed E-state index contributed by atoms with van der Waals surface area (Å²) in [6, 6.07) is 21.8. The molecule has 0 aromatic heterocycles. The predicted octanol–water partition coefficient (Wildman–Crippen LogP) is 4.89. The minimum absolute atomic E-state index is 0.0990. The van der Waals surface area contributed by atoms with Crippen LogP contribution in [0.25, 0.3) is 0 Å². The van der Waals surface area contributed by atoms with E-state index in [1.807, 2.05) is 36.4 Å². The van der Waals surface area contributed by atoms with E-state index in [2.05, 4.69) is 21.2 Å². The first kappa shape index (κ1) is 21.1. The highest BCUT2D eigenvalue weighted by molar-refractivity contribution is 9.10. The Morgan fingerprint density at radius 1 is 0.897 bits per heavy atom. The molecule has 0 bridgehead atoms. The van der Waals surface area contributed by atoms with E-state index >= 15 is 0 Å². The fraction of sp³-hybridized carbons (Fsp3) is 0.0909. The molecule has 0 aliphatic heterocycles. The van der Waals surface area contributed by atoms with E-state index in [0.717, 1.165) is 14.3 Å². The van der Waals surface area contributed by atoms with Crippen LogP contribution in [0.4, 0.5) is 5.69 Å². The van der Waals surface area contributed by atoms with Gasteiger partial charge in [0.05, 0.1) is 12.2 Å². The standard InChI is InChI=1S/C22H18BrNO4S/c23-17-5-9-19(10-6-17)29-20-11-7-18(8-12-20)24-21(26)14-28-22(27)16-3-1-15(13-25)2-4-16/h1-12,25H,13-14H2,(H,24,26). The second kappa shape index (κ2) is 10.2. The minimum atomic E-state index is -0.592. The number of benzene rings is 3. The molecule has 29 heavy (non-hydrogen) atoms. The fourth-order valence-corrected chi connectivity index (χ4v) is 3.48. The van der Waals surface area contributed by atoms with Crippen LogP contribution in [0.3, 0.4) is 0 Å². The zero-order chi connectivity index (χ0) is 20.6. The van der Waals surface area contributed by atoms with Crippen LogP contribution in [0, 0.1) is 0 Å². The van der Waals surface area contributed by atoms with Gasteiger partial charge in [0.15, 0.2) is 6.61 Å². The summed E-state index contributed by atoms with van der Waals surface area (Å²) in [5.41, 5.74) is 1.64. The molecule has 0 heterocycles. The predicted molar refractivity (Wildman–Crippen MR) is 116 cm³/mol. The highest BCUT2D eigenvalue weighted by atomic mass is 79.9. The van der Waals surface area contributed by atoms with Crippen molar-refractivity contribution in [3.05, 3.63) is 88.4 Å². The molecule has 0 aliphatic carbocycles. The lowest BCUT2D eigenvalue weighted by Crippen LogP contribution is -2.20. The topological polar surface area (TPSA) is 75.6 Å². The molecule has 0 atom stereocenters. The van der Waals surface area contributed by atoms with Crippen LogP contribution >= 0.6 is 27.7 Å². The third-order valence-electron chi connectivity index (χ3n) is 3.89. The zero-order valence-corrected chi connectivity index (χ0v) is 17.7. The summed E-state index contributed by atoms with van der Waals surface area (Å²) < 4.78 is 6.06. The van der Waals surface area contributed by atoms with Crippen molar-refractivity contribution in [2.45, 2.75) is 16.4 Å². The first-order chi connectivity index (χ1) is 14.0. The number of esters is 1. The first-order valence-corrected chi connectivity index (χ1v) is 10.3. The van der Waals surface area contributed by atoms with Gasteiger partial charge in [-0.05, 0) is 66.2 Å². The monoisotopic (exact) mass is 471 g/mol. The molecule has 0 fully saturated rings. The van der Waals surface area contributed by atoms with Crippen molar-refractivity contribution < 1.29 is 19.4 Å². The van der Waals surface area contributed by atoms with Gasteiger partial charge in [-0.2, -0.15) is 0 Å². The summed E-state index contributed by atoms with van der Waals surface area (Å²) in [7, 11) is 0. The quantitative estimate of drug-likeness (QED) is 0.479. The van der Waals surface area contributed by atoms with Crippen molar-refractivity contribution >= 4 is 45.3 Å². The second-order valence-corrected chi connectivity index (χ2v) is 8.12. The van der Waals surface area contributed by atoms with Gasteiger partial charge in [-0.25, -0.2) is 4.79 Å². The van der Waals surface area contributed by atoms with Gasteiger partial charge in [0.1, 0.15) is 0 Å². The molecule has 148 valence electrons. The maximum Gasteiger partial charge on any atom is 0.338 e. The number of ether oxygens (including phenoxy) is 1. The van der Waals surface area contributed by atoms with Crippen LogP contribution in [0.15, 0.2) is 87.1 Å². The third kappa shape index (κ3) is 6.45. The highest BCUT2D eigenvalue weighted by Crippen LogP contribution is 2.29. The van der Waals surface area contributed by atoms with Crippen molar-refractivity contribution in [1.29, 1.82) is 0 Å². The Morgan fingerprint density at radius 3 is 2.07 bits per heavy atom. The Morgan fingerprint density at radius 2 is 1.48 bits per heavy atom. The van der Waals surface area contributed by atoms with Gasteiger partial charge in [-0.3, -0.25) is 4.79 Å². The molecule has 5 nitrogen and oxygen atoms in total. The maximum absolute atomic E-state index is 12.0. The number of halogens is 1. The lowest BCUT2D eigenvalue weighted by atomic mass is 10.1. The van der Waals surface area contributed by atoms with Crippen molar-refractivity contribution in [1.82, 2.24) is 0 Å². The number of nitrogens with one attached hydrogen (secondary N) is 1. The number of hydrogen-bond acceptors (Lipinski definition) is 5. The van der Waals surface area contributed by atoms with Crippen molar-refractivity contribution in [2.24, 2.45) is 0 Å². The molecule has 7 heteroatoms. The van der Waals surface area contributed by atoms with Crippen LogP contribution in [-0.2, 0) is 16.1 Å². The van der Waals surface area contributed by atoms with Crippen LogP contribution in [0.1, 0.15) is 15.9 Å². The fourth-order valence-electron chi connectivity index (χ4n) is 2.40. The molecule has 1 amide bonds. The Hall–Kier alpha value is -2.61. The highest BCUT2D eigenvalue weighted by Gasteiger charge is 2.10. The SMILES string of the molecule is O=C(COC(=O)c1ccc(CO)cc1)Nc1ccc(Sc2ccc(Br)cc2)cc1. The Kier molecular flexibility index (Phi) is 7.46. The lowest BCUT2D eigenvalue weighted by Gasteiger charge is -2.08. The molecule has 0 saturated carbocycles. The van der Waals surface area contributed by atoms with Crippen molar-refractivity contribution in [3.8, 4) is 0 Å². The molecule has 0 spiro atoms. The average molecular weight is 472 g/mol. The van der Waals surface area contributed by atoms with Crippen LogP contribution in [0.2, 0.25) is 0 Å². The Labute approximate surface area is 181 Å². The van der Waals surface area contributed by atoms with Gasteiger partial charge in [0.25, 0.3) is 5.91 Å². The van der Waals surface area contributed by atoms with Crippen LogP contribution < -0.4 is 5.32 Å². The van der Waals surface area contributed by atoms with Gasteiger partial charge in [0.2, 0.25) is 0 Å². The molecule has 0 saturated heterocycles. The third-order valence-corrected chi connectivity index (χ3v) is 5.44. The minimum Gasteiger partial charge on any atom is -0.452 e. The number of aliphatic hydroxyl groups excluding tert-OH is 1. The van der Waals surface area contributed by atoms with Crippen molar-refractivity contribution in [3.63, 3.8) is 0 Å². The summed E-state index contributed by atoms with van der Waals surface area (Å²) in [5, 5.41) is 11.7. The number of hydrogen-bond donors (Lipinski definition) is 2. The van der Waals surface area contributed by atoms with E-state index < -0.39 is 11.9 Å². The van der Waals surface area contributed by atoms with Crippen molar-refractivity contribution in [2.75, 3.05) is 11.9 Å². The molecule has 0 aliphatic rings. The molecular weight excluding hydrogens is 454 g/mol. The normalized spacial score (nSPS) is 10.4. The molecule has 0 unspecified atom stereocenters. The zero-order valence-electron chi connectivity index (χ0n) is 15.3. The van der Waals surface area contributed by atoms with E-state index in [4.69, 9.17) is 9.84 Å². The van der Waals surface area contributed by atoms with Gasteiger partial charge >= 0.3 is 5.97 Å². The second-order valence-electron chi connectivity index (χ2n) is 6.06. The summed E-state index contributed by atoms with van der Waals surface area (Å²) in [5.74, 6) is -1.01. The molecule has 2 N–H and O–H groups in total. The Balaban J connectivity index is 1.48. The van der Waals surface area contributed by atoms with E-state index in [9.17, 15) is 9.59 Å².